The average Bonchev–Trinajstić information content (AvgIpc) is 3.14. The molecule has 1 unspecified atom stereocenters. The third-order valence-corrected chi connectivity index (χ3v) is 4.85. The molecule has 122 valence electrons. The maximum Gasteiger partial charge on any atom is 0.274 e. The van der Waals surface area contributed by atoms with Crippen LogP contribution >= 0.6 is 0 Å². The van der Waals surface area contributed by atoms with Crippen LogP contribution in [0.5, 0.6) is 0 Å². The Morgan fingerprint density at radius 3 is 2.68 bits per heavy atom. The van der Waals surface area contributed by atoms with Crippen molar-refractivity contribution in [1.29, 1.82) is 0 Å². The van der Waals surface area contributed by atoms with Crippen LogP contribution in [0.15, 0.2) is 6.07 Å². The predicted octanol–water partition coefficient (Wildman–Crippen LogP) is 0.663. The number of rotatable bonds is 3. The first kappa shape index (κ1) is 15.5. The summed E-state index contributed by atoms with van der Waals surface area (Å²) in [4.78, 5) is 17.2. The van der Waals surface area contributed by atoms with Crippen molar-refractivity contribution >= 4 is 5.91 Å². The van der Waals surface area contributed by atoms with Crippen molar-refractivity contribution in [2.75, 3.05) is 39.3 Å². The van der Waals surface area contributed by atoms with Gasteiger partial charge in [0.05, 0.1) is 0 Å². The molecule has 0 bridgehead atoms. The lowest BCUT2D eigenvalue weighted by molar-refractivity contribution is 0.0767. The second-order valence-electron chi connectivity index (χ2n) is 6.71. The molecular formula is C16H27N5O. The Hall–Kier alpha value is -1.40. The maximum absolute atomic E-state index is 12.7. The van der Waals surface area contributed by atoms with Crippen molar-refractivity contribution in [2.24, 2.45) is 7.05 Å². The monoisotopic (exact) mass is 305 g/mol. The molecule has 1 N–H and O–H groups in total. The first-order valence-corrected chi connectivity index (χ1v) is 8.34. The van der Waals surface area contributed by atoms with Gasteiger partial charge in [-0.25, -0.2) is 0 Å². The molecule has 0 aliphatic carbocycles. The lowest BCUT2D eigenvalue weighted by Gasteiger charge is -2.32. The predicted molar refractivity (Wildman–Crippen MR) is 86.0 cm³/mol. The third kappa shape index (κ3) is 3.03. The van der Waals surface area contributed by atoms with Crippen LogP contribution in [0.25, 0.3) is 0 Å². The van der Waals surface area contributed by atoms with Crippen molar-refractivity contribution in [2.45, 2.75) is 32.2 Å². The molecule has 2 aliphatic heterocycles. The van der Waals surface area contributed by atoms with Crippen LogP contribution in [0.3, 0.4) is 0 Å². The highest BCUT2D eigenvalue weighted by molar-refractivity contribution is 5.92. The number of likely N-dealkylation sites (tertiary alicyclic amines) is 1. The van der Waals surface area contributed by atoms with Gasteiger partial charge in [0.15, 0.2) is 5.69 Å². The van der Waals surface area contributed by atoms with Crippen LogP contribution in [0.1, 0.15) is 42.4 Å². The Labute approximate surface area is 132 Å². The minimum absolute atomic E-state index is 0.0835. The smallest absolute Gasteiger partial charge is 0.274 e. The van der Waals surface area contributed by atoms with E-state index in [4.69, 9.17) is 0 Å². The van der Waals surface area contributed by atoms with E-state index in [9.17, 15) is 4.79 Å². The molecule has 2 saturated heterocycles. The molecule has 1 aromatic heterocycles. The molecule has 2 fully saturated rings. The van der Waals surface area contributed by atoms with Crippen LogP contribution in [-0.2, 0) is 7.05 Å². The van der Waals surface area contributed by atoms with E-state index in [0.717, 1.165) is 51.4 Å². The van der Waals surface area contributed by atoms with Gasteiger partial charge in [-0.15, -0.1) is 0 Å². The molecule has 6 nitrogen and oxygen atoms in total. The molecule has 3 heterocycles. The number of hydrogen-bond acceptors (Lipinski definition) is 4. The summed E-state index contributed by atoms with van der Waals surface area (Å²) in [5.74, 6) is 0.464. The molecule has 2 aliphatic rings. The van der Waals surface area contributed by atoms with Crippen LogP contribution in [0.4, 0.5) is 0 Å². The SMILES string of the molecule is CC(C)c1cc(C(=O)N2CCC(N3CCNCC3)C2)nn1C. The first-order valence-electron chi connectivity index (χ1n) is 8.34. The average molecular weight is 305 g/mol. The van der Waals surface area contributed by atoms with Gasteiger partial charge in [-0.3, -0.25) is 14.4 Å². The van der Waals surface area contributed by atoms with Gasteiger partial charge in [-0.05, 0) is 18.4 Å². The fourth-order valence-electron chi connectivity index (χ4n) is 3.56. The number of amides is 1. The van der Waals surface area contributed by atoms with Gasteiger partial charge in [0.1, 0.15) is 0 Å². The highest BCUT2D eigenvalue weighted by atomic mass is 16.2. The lowest BCUT2D eigenvalue weighted by atomic mass is 10.1. The number of aromatic nitrogens is 2. The van der Waals surface area contributed by atoms with E-state index in [-0.39, 0.29) is 5.91 Å². The highest BCUT2D eigenvalue weighted by Gasteiger charge is 2.32. The zero-order valence-corrected chi connectivity index (χ0v) is 13.9. The molecular weight excluding hydrogens is 278 g/mol. The fourth-order valence-corrected chi connectivity index (χ4v) is 3.56. The molecule has 0 aromatic carbocycles. The molecule has 6 heteroatoms. The summed E-state index contributed by atoms with van der Waals surface area (Å²) in [5, 5.41) is 7.80. The first-order chi connectivity index (χ1) is 10.6. The van der Waals surface area contributed by atoms with Gasteiger partial charge in [0.2, 0.25) is 0 Å². The number of carbonyl (C=O) groups excluding carboxylic acids is 1. The molecule has 0 radical (unpaired) electrons. The molecule has 1 amide bonds. The fraction of sp³-hybridized carbons (Fsp3) is 0.750. The van der Waals surface area contributed by atoms with Gasteiger partial charge < -0.3 is 10.2 Å². The Balaban J connectivity index is 1.65. The maximum atomic E-state index is 12.7. The van der Waals surface area contributed by atoms with Crippen LogP contribution in [0, 0.1) is 0 Å². The summed E-state index contributed by atoms with van der Waals surface area (Å²) in [6.07, 6.45) is 1.08. The number of hydrogen-bond donors (Lipinski definition) is 1. The van der Waals surface area contributed by atoms with E-state index in [1.54, 1.807) is 0 Å². The summed E-state index contributed by atoms with van der Waals surface area (Å²) in [5.41, 5.74) is 1.70. The zero-order valence-electron chi connectivity index (χ0n) is 13.9. The molecule has 0 spiro atoms. The van der Waals surface area contributed by atoms with E-state index in [1.165, 1.54) is 0 Å². The van der Waals surface area contributed by atoms with E-state index >= 15 is 0 Å². The largest absolute Gasteiger partial charge is 0.336 e. The molecule has 1 aromatic rings. The summed E-state index contributed by atoms with van der Waals surface area (Å²) in [6.45, 7) is 10.2. The van der Waals surface area contributed by atoms with E-state index in [2.05, 4.69) is 29.2 Å². The molecule has 3 rings (SSSR count). The quantitative estimate of drug-likeness (QED) is 0.891. The number of aryl methyl sites for hydroxylation is 1. The summed E-state index contributed by atoms with van der Waals surface area (Å²) < 4.78 is 1.84. The van der Waals surface area contributed by atoms with Crippen molar-refractivity contribution in [3.63, 3.8) is 0 Å². The lowest BCUT2D eigenvalue weighted by Crippen LogP contribution is -2.49. The molecule has 0 saturated carbocycles. The molecule has 22 heavy (non-hydrogen) atoms. The van der Waals surface area contributed by atoms with Crippen LogP contribution in [-0.4, -0.2) is 70.8 Å². The van der Waals surface area contributed by atoms with Crippen molar-refractivity contribution in [3.8, 4) is 0 Å². The number of carbonyl (C=O) groups is 1. The van der Waals surface area contributed by atoms with Gasteiger partial charge in [-0.2, -0.15) is 5.10 Å². The van der Waals surface area contributed by atoms with Crippen molar-refractivity contribution < 1.29 is 4.79 Å². The Morgan fingerprint density at radius 1 is 1.32 bits per heavy atom. The van der Waals surface area contributed by atoms with Crippen LogP contribution in [0.2, 0.25) is 0 Å². The van der Waals surface area contributed by atoms with E-state index < -0.39 is 0 Å². The minimum atomic E-state index is 0.0835. The summed E-state index contributed by atoms with van der Waals surface area (Å²) in [7, 11) is 1.92. The number of piperazine rings is 1. The van der Waals surface area contributed by atoms with Gasteiger partial charge >= 0.3 is 0 Å². The van der Waals surface area contributed by atoms with Crippen molar-refractivity contribution in [1.82, 2.24) is 24.9 Å². The third-order valence-electron chi connectivity index (χ3n) is 4.85. The normalized spacial score (nSPS) is 23.5. The van der Waals surface area contributed by atoms with E-state index in [0.29, 0.717) is 17.7 Å². The van der Waals surface area contributed by atoms with Gasteiger partial charge in [0, 0.05) is 58.1 Å². The van der Waals surface area contributed by atoms with Gasteiger partial charge in [-0.1, -0.05) is 13.8 Å². The van der Waals surface area contributed by atoms with E-state index in [1.807, 2.05) is 22.7 Å². The highest BCUT2D eigenvalue weighted by Crippen LogP contribution is 2.20. The Bertz CT molecular complexity index is 533. The van der Waals surface area contributed by atoms with Gasteiger partial charge in [0.25, 0.3) is 5.91 Å². The second kappa shape index (κ2) is 6.38. The Morgan fingerprint density at radius 2 is 2.05 bits per heavy atom. The zero-order chi connectivity index (χ0) is 15.7. The molecule has 1 atom stereocenters. The Kier molecular flexibility index (Phi) is 4.49. The number of nitrogens with zero attached hydrogens (tertiary/aromatic N) is 4. The number of nitrogens with one attached hydrogen (secondary N) is 1. The summed E-state index contributed by atoms with van der Waals surface area (Å²) >= 11 is 0. The second-order valence-corrected chi connectivity index (χ2v) is 6.71. The minimum Gasteiger partial charge on any atom is -0.336 e. The van der Waals surface area contributed by atoms with Crippen LogP contribution < -0.4 is 5.32 Å². The summed E-state index contributed by atoms with van der Waals surface area (Å²) in [6, 6.07) is 2.46. The van der Waals surface area contributed by atoms with Crippen molar-refractivity contribution in [3.05, 3.63) is 17.5 Å². The topological polar surface area (TPSA) is 53.4 Å². The standard InChI is InChI=1S/C16H27N5O/c1-12(2)15-10-14(18-19(15)3)16(22)21-7-4-13(11-21)20-8-5-17-6-9-20/h10,12-13,17H,4-9,11H2,1-3H3.